The van der Waals surface area contributed by atoms with E-state index in [2.05, 4.69) is 16.0 Å². The van der Waals surface area contributed by atoms with Crippen molar-refractivity contribution in [3.05, 3.63) is 48.5 Å². The van der Waals surface area contributed by atoms with Crippen molar-refractivity contribution < 1.29 is 4.79 Å². The summed E-state index contributed by atoms with van der Waals surface area (Å²) in [4.78, 5) is 16.6. The van der Waals surface area contributed by atoms with Crippen LogP contribution in [0.4, 0.5) is 5.69 Å². The highest BCUT2D eigenvalue weighted by molar-refractivity contribution is 5.92. The van der Waals surface area contributed by atoms with Crippen molar-refractivity contribution in [2.24, 2.45) is 13.0 Å². The standard InChI is InChI=1S/C19H21N3O/c1-4-13(2)19(23)20-15-11-9-14(10-12-15)18-21-16-7-5-6-8-17(16)22(18)3/h5-13H,4H2,1-3H3,(H,20,23). The van der Waals surface area contributed by atoms with Crippen LogP contribution in [0.1, 0.15) is 20.3 Å². The lowest BCUT2D eigenvalue weighted by Gasteiger charge is -2.10. The van der Waals surface area contributed by atoms with Gasteiger partial charge in [-0.15, -0.1) is 0 Å². The molecule has 1 heterocycles. The summed E-state index contributed by atoms with van der Waals surface area (Å²) in [6.45, 7) is 3.95. The predicted octanol–water partition coefficient (Wildman–Crippen LogP) is 4.22. The fourth-order valence-corrected chi connectivity index (χ4v) is 2.56. The molecule has 1 N–H and O–H groups in total. The number of nitrogens with zero attached hydrogens (tertiary/aromatic N) is 2. The molecule has 1 unspecified atom stereocenters. The average Bonchev–Trinajstić information content (AvgIpc) is 2.92. The van der Waals surface area contributed by atoms with Gasteiger partial charge in [-0.2, -0.15) is 0 Å². The number of para-hydroxylation sites is 2. The van der Waals surface area contributed by atoms with Gasteiger partial charge >= 0.3 is 0 Å². The van der Waals surface area contributed by atoms with E-state index in [0.717, 1.165) is 34.5 Å². The van der Waals surface area contributed by atoms with Crippen LogP contribution in [0.5, 0.6) is 0 Å². The van der Waals surface area contributed by atoms with Crippen molar-refractivity contribution in [1.82, 2.24) is 9.55 Å². The van der Waals surface area contributed by atoms with Crippen LogP contribution < -0.4 is 5.32 Å². The van der Waals surface area contributed by atoms with Gasteiger partial charge in [-0.1, -0.05) is 26.0 Å². The third-order valence-corrected chi connectivity index (χ3v) is 4.26. The Labute approximate surface area is 136 Å². The van der Waals surface area contributed by atoms with Gasteiger partial charge in [-0.25, -0.2) is 4.98 Å². The van der Waals surface area contributed by atoms with Gasteiger partial charge < -0.3 is 9.88 Å². The lowest BCUT2D eigenvalue weighted by atomic mass is 10.1. The highest BCUT2D eigenvalue weighted by Gasteiger charge is 2.12. The molecule has 1 amide bonds. The lowest BCUT2D eigenvalue weighted by molar-refractivity contribution is -0.119. The molecule has 0 radical (unpaired) electrons. The van der Waals surface area contributed by atoms with Crippen LogP contribution in [-0.4, -0.2) is 15.5 Å². The minimum atomic E-state index is 0.0227. The highest BCUT2D eigenvalue weighted by Crippen LogP contribution is 2.24. The Morgan fingerprint density at radius 2 is 1.87 bits per heavy atom. The van der Waals surface area contributed by atoms with Crippen molar-refractivity contribution in [3.8, 4) is 11.4 Å². The Hall–Kier alpha value is -2.62. The van der Waals surface area contributed by atoms with Crippen molar-refractivity contribution in [1.29, 1.82) is 0 Å². The van der Waals surface area contributed by atoms with Crippen LogP contribution in [-0.2, 0) is 11.8 Å². The molecule has 1 atom stereocenters. The number of anilines is 1. The van der Waals surface area contributed by atoms with Crippen LogP contribution in [0.25, 0.3) is 22.4 Å². The van der Waals surface area contributed by atoms with Crippen LogP contribution in [0.3, 0.4) is 0 Å². The maximum absolute atomic E-state index is 11.9. The van der Waals surface area contributed by atoms with Crippen LogP contribution in [0.15, 0.2) is 48.5 Å². The zero-order valence-electron chi connectivity index (χ0n) is 13.7. The number of aryl methyl sites for hydroxylation is 1. The average molecular weight is 307 g/mol. The largest absolute Gasteiger partial charge is 0.327 e. The monoisotopic (exact) mass is 307 g/mol. The quantitative estimate of drug-likeness (QED) is 0.784. The summed E-state index contributed by atoms with van der Waals surface area (Å²) in [6.07, 6.45) is 0.837. The third-order valence-electron chi connectivity index (χ3n) is 4.26. The Morgan fingerprint density at radius 1 is 1.17 bits per heavy atom. The van der Waals surface area contributed by atoms with Gasteiger partial charge in [0, 0.05) is 24.2 Å². The summed E-state index contributed by atoms with van der Waals surface area (Å²) >= 11 is 0. The minimum absolute atomic E-state index is 0.0227. The minimum Gasteiger partial charge on any atom is -0.327 e. The number of rotatable bonds is 4. The number of carbonyl (C=O) groups excluding carboxylic acids is 1. The zero-order valence-corrected chi connectivity index (χ0v) is 13.7. The maximum atomic E-state index is 11.9. The molecule has 23 heavy (non-hydrogen) atoms. The fourth-order valence-electron chi connectivity index (χ4n) is 2.56. The molecule has 0 saturated heterocycles. The molecule has 3 rings (SSSR count). The van der Waals surface area contributed by atoms with Gasteiger partial charge in [-0.3, -0.25) is 4.79 Å². The molecule has 1 aromatic heterocycles. The normalized spacial score (nSPS) is 12.3. The molecule has 0 aliphatic rings. The van der Waals surface area contributed by atoms with Gasteiger partial charge in [0.2, 0.25) is 5.91 Å². The third kappa shape index (κ3) is 2.97. The second kappa shape index (κ2) is 6.24. The van der Waals surface area contributed by atoms with Gasteiger partial charge in [0.1, 0.15) is 5.82 Å². The first-order valence-corrected chi connectivity index (χ1v) is 7.93. The van der Waals surface area contributed by atoms with Crippen LogP contribution >= 0.6 is 0 Å². The summed E-state index contributed by atoms with van der Waals surface area (Å²) in [5.41, 5.74) is 3.94. The molecule has 0 aliphatic heterocycles. The summed E-state index contributed by atoms with van der Waals surface area (Å²) < 4.78 is 2.09. The van der Waals surface area contributed by atoms with Crippen molar-refractivity contribution in [2.45, 2.75) is 20.3 Å². The number of hydrogen-bond donors (Lipinski definition) is 1. The number of nitrogens with one attached hydrogen (secondary N) is 1. The number of imidazole rings is 1. The number of fused-ring (bicyclic) bond motifs is 1. The number of benzene rings is 2. The van der Waals surface area contributed by atoms with Gasteiger partial charge in [-0.05, 0) is 42.8 Å². The van der Waals surface area contributed by atoms with E-state index >= 15 is 0 Å². The van der Waals surface area contributed by atoms with Gasteiger partial charge in [0.15, 0.2) is 0 Å². The molecule has 0 spiro atoms. The van der Waals surface area contributed by atoms with Crippen molar-refractivity contribution in [3.63, 3.8) is 0 Å². The lowest BCUT2D eigenvalue weighted by Crippen LogP contribution is -2.19. The van der Waals surface area contributed by atoms with E-state index in [1.165, 1.54) is 0 Å². The van der Waals surface area contributed by atoms with Crippen molar-refractivity contribution >= 4 is 22.6 Å². The molecule has 4 nitrogen and oxygen atoms in total. The molecular weight excluding hydrogens is 286 g/mol. The van der Waals surface area contributed by atoms with E-state index in [-0.39, 0.29) is 11.8 Å². The van der Waals surface area contributed by atoms with E-state index in [1.54, 1.807) is 0 Å². The predicted molar refractivity (Wildman–Crippen MR) is 94.2 cm³/mol. The Morgan fingerprint density at radius 3 is 2.52 bits per heavy atom. The van der Waals surface area contributed by atoms with E-state index in [1.807, 2.05) is 63.4 Å². The second-order valence-electron chi connectivity index (χ2n) is 5.86. The van der Waals surface area contributed by atoms with Gasteiger partial charge in [0.05, 0.1) is 11.0 Å². The van der Waals surface area contributed by atoms with Crippen LogP contribution in [0, 0.1) is 5.92 Å². The molecule has 0 fully saturated rings. The second-order valence-corrected chi connectivity index (χ2v) is 5.86. The number of hydrogen-bond acceptors (Lipinski definition) is 2. The summed E-state index contributed by atoms with van der Waals surface area (Å²) in [6, 6.07) is 15.9. The fraction of sp³-hybridized carbons (Fsp3) is 0.263. The first-order valence-electron chi connectivity index (χ1n) is 7.93. The SMILES string of the molecule is CCC(C)C(=O)Nc1ccc(-c2nc3ccccc3n2C)cc1. The van der Waals surface area contributed by atoms with E-state index in [0.29, 0.717) is 0 Å². The summed E-state index contributed by atoms with van der Waals surface area (Å²) in [5.74, 6) is 1.00. The first kappa shape index (κ1) is 15.3. The number of amides is 1. The van der Waals surface area contributed by atoms with E-state index in [4.69, 9.17) is 4.98 Å². The molecule has 0 aliphatic carbocycles. The maximum Gasteiger partial charge on any atom is 0.227 e. The Balaban J connectivity index is 1.86. The smallest absolute Gasteiger partial charge is 0.227 e. The van der Waals surface area contributed by atoms with Crippen LogP contribution in [0.2, 0.25) is 0 Å². The molecular formula is C19H21N3O. The Bertz CT molecular complexity index is 833. The molecule has 0 bridgehead atoms. The van der Waals surface area contributed by atoms with E-state index < -0.39 is 0 Å². The summed E-state index contributed by atoms with van der Waals surface area (Å²) in [5, 5.41) is 2.95. The van der Waals surface area contributed by atoms with Gasteiger partial charge in [0.25, 0.3) is 0 Å². The summed E-state index contributed by atoms with van der Waals surface area (Å²) in [7, 11) is 2.02. The number of carbonyl (C=O) groups is 1. The van der Waals surface area contributed by atoms with E-state index in [9.17, 15) is 4.79 Å². The Kier molecular flexibility index (Phi) is 4.15. The first-order chi connectivity index (χ1) is 11.1. The molecule has 2 aromatic carbocycles. The zero-order chi connectivity index (χ0) is 16.4. The molecule has 0 saturated carbocycles. The highest BCUT2D eigenvalue weighted by atomic mass is 16.1. The topological polar surface area (TPSA) is 46.9 Å². The molecule has 4 heteroatoms. The van der Waals surface area contributed by atoms with Crippen molar-refractivity contribution in [2.75, 3.05) is 5.32 Å². The molecule has 3 aromatic rings. The number of aromatic nitrogens is 2. The molecule has 118 valence electrons.